The lowest BCUT2D eigenvalue weighted by molar-refractivity contribution is -0.115. The maximum absolute atomic E-state index is 12.5. The summed E-state index contributed by atoms with van der Waals surface area (Å²) < 4.78 is 10.7. The number of aryl methyl sites for hydroxylation is 2. The molecule has 0 atom stereocenters. The van der Waals surface area contributed by atoms with E-state index in [2.05, 4.69) is 32.8 Å². The largest absolute Gasteiger partial charge is 0.454 e. The summed E-state index contributed by atoms with van der Waals surface area (Å²) in [6, 6.07) is 23.0. The van der Waals surface area contributed by atoms with Gasteiger partial charge in [-0.1, -0.05) is 23.8 Å². The second-order valence-electron chi connectivity index (χ2n) is 8.29. The number of aromatic nitrogens is 2. The van der Waals surface area contributed by atoms with E-state index < -0.39 is 0 Å². The number of nitrogens with one attached hydrogen (secondary N) is 3. The molecule has 0 saturated heterocycles. The highest BCUT2D eigenvalue weighted by Crippen LogP contribution is 2.32. The van der Waals surface area contributed by atoms with Gasteiger partial charge in [-0.15, -0.1) is 0 Å². The normalized spacial score (nSPS) is 11.7. The summed E-state index contributed by atoms with van der Waals surface area (Å²) in [5, 5.41) is 9.53. The number of carbonyl (C=O) groups is 1. The number of fused-ring (bicyclic) bond motifs is 1. The van der Waals surface area contributed by atoms with E-state index in [1.165, 1.54) is 5.56 Å². The Labute approximate surface area is 203 Å². The highest BCUT2D eigenvalue weighted by molar-refractivity contribution is 5.92. The number of hydrogen-bond acceptors (Lipinski definition) is 7. The fourth-order valence-electron chi connectivity index (χ4n) is 3.71. The summed E-state index contributed by atoms with van der Waals surface area (Å²) in [4.78, 5) is 21.4. The zero-order valence-electron chi connectivity index (χ0n) is 19.5. The van der Waals surface area contributed by atoms with Gasteiger partial charge >= 0.3 is 0 Å². The number of carbonyl (C=O) groups excluding carboxylic acids is 1. The van der Waals surface area contributed by atoms with Crippen molar-refractivity contribution in [2.24, 2.45) is 0 Å². The first kappa shape index (κ1) is 22.2. The van der Waals surface area contributed by atoms with Crippen LogP contribution in [0.4, 0.5) is 28.7 Å². The van der Waals surface area contributed by atoms with Gasteiger partial charge in [0, 0.05) is 23.1 Å². The van der Waals surface area contributed by atoms with Crippen molar-refractivity contribution >= 4 is 34.6 Å². The predicted molar refractivity (Wildman–Crippen MR) is 136 cm³/mol. The Bertz CT molecular complexity index is 1350. The Kier molecular flexibility index (Phi) is 6.17. The Hall–Kier alpha value is -4.59. The van der Waals surface area contributed by atoms with Crippen LogP contribution in [0.1, 0.15) is 17.0 Å². The first-order valence-electron chi connectivity index (χ1n) is 11.2. The lowest BCUT2D eigenvalue weighted by Gasteiger charge is -2.11. The minimum absolute atomic E-state index is 0.108. The van der Waals surface area contributed by atoms with E-state index in [9.17, 15) is 4.79 Å². The zero-order chi connectivity index (χ0) is 24.2. The first-order chi connectivity index (χ1) is 17.0. The molecule has 5 rings (SSSR count). The summed E-state index contributed by atoms with van der Waals surface area (Å²) in [5.74, 6) is 3.29. The molecule has 3 aromatic carbocycles. The van der Waals surface area contributed by atoms with Crippen molar-refractivity contribution in [3.05, 3.63) is 89.7 Å². The second kappa shape index (κ2) is 9.72. The van der Waals surface area contributed by atoms with Crippen LogP contribution >= 0.6 is 0 Å². The molecule has 176 valence electrons. The molecule has 0 unspecified atom stereocenters. The highest BCUT2D eigenvalue weighted by atomic mass is 16.7. The summed E-state index contributed by atoms with van der Waals surface area (Å²) >= 11 is 0. The van der Waals surface area contributed by atoms with Crippen LogP contribution in [0, 0.1) is 13.8 Å². The molecule has 35 heavy (non-hydrogen) atoms. The van der Waals surface area contributed by atoms with Crippen LogP contribution in [0.5, 0.6) is 11.5 Å². The molecule has 0 aliphatic carbocycles. The average Bonchev–Trinajstić information content (AvgIpc) is 3.29. The molecule has 1 aromatic heterocycles. The number of anilines is 5. The molecule has 8 nitrogen and oxygen atoms in total. The lowest BCUT2D eigenvalue weighted by Crippen LogP contribution is -2.14. The zero-order valence-corrected chi connectivity index (χ0v) is 19.5. The van der Waals surface area contributed by atoms with E-state index in [1.807, 2.05) is 79.7 Å². The Balaban J connectivity index is 1.20. The molecule has 0 spiro atoms. The predicted octanol–water partition coefficient (Wildman–Crippen LogP) is 5.49. The van der Waals surface area contributed by atoms with Crippen LogP contribution in [-0.2, 0) is 11.2 Å². The first-order valence-corrected chi connectivity index (χ1v) is 11.2. The van der Waals surface area contributed by atoms with Gasteiger partial charge in [-0.25, -0.2) is 9.97 Å². The fourth-order valence-corrected chi connectivity index (χ4v) is 3.71. The van der Waals surface area contributed by atoms with Gasteiger partial charge in [0.2, 0.25) is 12.7 Å². The number of benzene rings is 3. The Morgan fingerprint density at radius 2 is 1.37 bits per heavy atom. The molecule has 3 N–H and O–H groups in total. The topological polar surface area (TPSA) is 97.4 Å². The summed E-state index contributed by atoms with van der Waals surface area (Å²) in [6.07, 6.45) is 0.244. The summed E-state index contributed by atoms with van der Waals surface area (Å²) in [6.45, 7) is 4.12. The number of nitrogens with zero attached hydrogens (tertiary/aromatic N) is 2. The lowest BCUT2D eigenvalue weighted by atomic mass is 10.1. The Morgan fingerprint density at radius 3 is 2.06 bits per heavy atom. The highest BCUT2D eigenvalue weighted by Gasteiger charge is 2.14. The molecular formula is C27H25N5O3. The summed E-state index contributed by atoms with van der Waals surface area (Å²) in [7, 11) is 0. The minimum Gasteiger partial charge on any atom is -0.454 e. The van der Waals surface area contributed by atoms with E-state index in [-0.39, 0.29) is 19.1 Å². The number of rotatable bonds is 7. The van der Waals surface area contributed by atoms with Gasteiger partial charge < -0.3 is 25.4 Å². The van der Waals surface area contributed by atoms with Crippen LogP contribution in [0.25, 0.3) is 0 Å². The molecule has 1 aliphatic heterocycles. The van der Waals surface area contributed by atoms with Crippen LogP contribution < -0.4 is 25.4 Å². The van der Waals surface area contributed by atoms with Gasteiger partial charge in [0.25, 0.3) is 0 Å². The van der Waals surface area contributed by atoms with E-state index in [0.29, 0.717) is 34.6 Å². The van der Waals surface area contributed by atoms with Gasteiger partial charge in [0.1, 0.15) is 17.5 Å². The Morgan fingerprint density at radius 1 is 0.771 bits per heavy atom. The van der Waals surface area contributed by atoms with Crippen molar-refractivity contribution in [1.29, 1.82) is 0 Å². The molecule has 0 fully saturated rings. The van der Waals surface area contributed by atoms with Crippen molar-refractivity contribution in [2.75, 3.05) is 22.7 Å². The van der Waals surface area contributed by atoms with Gasteiger partial charge in [0.05, 0.1) is 6.42 Å². The van der Waals surface area contributed by atoms with Crippen LogP contribution in [0.3, 0.4) is 0 Å². The van der Waals surface area contributed by atoms with E-state index in [4.69, 9.17) is 9.47 Å². The third-order valence-corrected chi connectivity index (χ3v) is 5.40. The molecule has 4 aromatic rings. The molecule has 0 radical (unpaired) electrons. The minimum atomic E-state index is -0.108. The number of hydrogen-bond donors (Lipinski definition) is 3. The number of amides is 1. The molecule has 0 saturated carbocycles. The monoisotopic (exact) mass is 467 g/mol. The third-order valence-electron chi connectivity index (χ3n) is 5.40. The number of ether oxygens (including phenoxy) is 2. The molecule has 2 heterocycles. The van der Waals surface area contributed by atoms with Gasteiger partial charge in [-0.2, -0.15) is 0 Å². The van der Waals surface area contributed by atoms with Crippen molar-refractivity contribution < 1.29 is 14.3 Å². The van der Waals surface area contributed by atoms with Gasteiger partial charge in [-0.05, 0) is 67.9 Å². The van der Waals surface area contributed by atoms with Gasteiger partial charge in [-0.3, -0.25) is 4.79 Å². The fraction of sp³-hybridized carbons (Fsp3) is 0.148. The van der Waals surface area contributed by atoms with E-state index in [1.54, 1.807) is 0 Å². The van der Waals surface area contributed by atoms with Crippen molar-refractivity contribution in [3.63, 3.8) is 0 Å². The van der Waals surface area contributed by atoms with Crippen LogP contribution in [0.2, 0.25) is 0 Å². The average molecular weight is 468 g/mol. The maximum Gasteiger partial charge on any atom is 0.231 e. The standard InChI is InChI=1S/C27H25N5O3/c1-17-3-6-20(7-4-17)30-25-15-26(29-18(2)28-25)31-21-8-10-22(11-9-21)32-27(33)14-19-5-12-23-24(13-19)35-16-34-23/h3-13,15H,14,16H2,1-2H3,(H,32,33)(H2,28,29,30,31). The summed E-state index contributed by atoms with van der Waals surface area (Å²) in [5.41, 5.74) is 4.57. The van der Waals surface area contributed by atoms with E-state index in [0.717, 1.165) is 16.9 Å². The third kappa shape index (κ3) is 5.67. The van der Waals surface area contributed by atoms with Gasteiger partial charge in [0.15, 0.2) is 11.5 Å². The SMILES string of the molecule is Cc1ccc(Nc2cc(Nc3ccc(NC(=O)Cc4ccc5c(c4)OCO5)cc3)nc(C)n2)cc1. The molecule has 1 aliphatic rings. The van der Waals surface area contributed by atoms with Crippen LogP contribution in [0.15, 0.2) is 72.8 Å². The smallest absolute Gasteiger partial charge is 0.231 e. The van der Waals surface area contributed by atoms with E-state index >= 15 is 0 Å². The molecule has 8 heteroatoms. The molecule has 1 amide bonds. The maximum atomic E-state index is 12.5. The quantitative estimate of drug-likeness (QED) is 0.331. The second-order valence-corrected chi connectivity index (χ2v) is 8.29. The van der Waals surface area contributed by atoms with Crippen molar-refractivity contribution in [3.8, 4) is 11.5 Å². The molecular weight excluding hydrogens is 442 g/mol. The van der Waals surface area contributed by atoms with Crippen molar-refractivity contribution in [1.82, 2.24) is 9.97 Å². The molecule has 0 bridgehead atoms. The van der Waals surface area contributed by atoms with Crippen LogP contribution in [-0.4, -0.2) is 22.7 Å². The van der Waals surface area contributed by atoms with Crippen molar-refractivity contribution in [2.45, 2.75) is 20.3 Å².